The number of fused-ring (bicyclic) bond motifs is 2. The largest absolute Gasteiger partial charge is 0.433 e. The molecule has 0 aliphatic rings. The van der Waals surface area contributed by atoms with Gasteiger partial charge < -0.3 is 14.2 Å². The lowest BCUT2D eigenvalue weighted by molar-refractivity contribution is -0.141. The summed E-state index contributed by atoms with van der Waals surface area (Å²) in [6.07, 6.45) is 5.38. The molecule has 0 fully saturated rings. The molecule has 3 aromatic carbocycles. The molecule has 0 aliphatic carbocycles. The lowest BCUT2D eigenvalue weighted by Crippen LogP contribution is -2.31. The van der Waals surface area contributed by atoms with E-state index in [4.69, 9.17) is 16.6 Å². The van der Waals surface area contributed by atoms with Crippen molar-refractivity contribution in [3.05, 3.63) is 167 Å². The standard InChI is InChI=1S/C38H27ClF3N7O/c1-47-23-43-22-34(47)37(50,27-10-14-33(44-21-27)38(40,41)42)26-9-13-31-29(20-26)35(39)30(19-24-7-11-28(12-8-24)49-17-4-16-45-49)36(46-31)48-18-15-25-5-2-3-6-32(25)48/h2-18,20-23,50H,19H2,1H3. The number of imidazole rings is 1. The van der Waals surface area contributed by atoms with Gasteiger partial charge in [-0.2, -0.15) is 18.3 Å². The molecule has 0 saturated carbocycles. The lowest BCUT2D eigenvalue weighted by Gasteiger charge is -2.30. The zero-order valence-electron chi connectivity index (χ0n) is 26.4. The fourth-order valence-electron chi connectivity index (χ4n) is 6.44. The minimum atomic E-state index is -4.63. The molecular formula is C38H27ClF3N7O. The van der Waals surface area contributed by atoms with Crippen molar-refractivity contribution in [3.8, 4) is 11.5 Å². The van der Waals surface area contributed by atoms with Crippen molar-refractivity contribution in [1.82, 2.24) is 33.9 Å². The molecule has 8 aromatic rings. The van der Waals surface area contributed by atoms with E-state index >= 15 is 0 Å². The topological polar surface area (TPSA) is 86.6 Å². The third-order valence-electron chi connectivity index (χ3n) is 8.98. The number of para-hydroxylation sites is 1. The van der Waals surface area contributed by atoms with Gasteiger partial charge in [-0.15, -0.1) is 0 Å². The van der Waals surface area contributed by atoms with Crippen LogP contribution in [0.4, 0.5) is 13.2 Å². The van der Waals surface area contributed by atoms with Gasteiger partial charge >= 0.3 is 6.18 Å². The first-order valence-corrected chi connectivity index (χ1v) is 16.0. The molecule has 5 heterocycles. The number of benzene rings is 3. The molecule has 0 spiro atoms. The van der Waals surface area contributed by atoms with Gasteiger partial charge in [-0.25, -0.2) is 14.6 Å². The molecule has 8 rings (SSSR count). The quantitative estimate of drug-likeness (QED) is 0.183. The third kappa shape index (κ3) is 5.31. The number of hydrogen-bond donors (Lipinski definition) is 1. The van der Waals surface area contributed by atoms with Crippen LogP contribution in [0.1, 0.15) is 33.6 Å². The van der Waals surface area contributed by atoms with Crippen LogP contribution in [0.5, 0.6) is 0 Å². The van der Waals surface area contributed by atoms with Crippen molar-refractivity contribution in [2.75, 3.05) is 0 Å². The summed E-state index contributed by atoms with van der Waals surface area (Å²) < 4.78 is 45.7. The van der Waals surface area contributed by atoms with Gasteiger partial charge in [0, 0.05) is 54.8 Å². The second-order valence-corrected chi connectivity index (χ2v) is 12.4. The summed E-state index contributed by atoms with van der Waals surface area (Å²) in [4.78, 5) is 13.0. The number of nitrogens with zero attached hydrogens (tertiary/aromatic N) is 7. The van der Waals surface area contributed by atoms with Gasteiger partial charge in [0.15, 0.2) is 5.60 Å². The Labute approximate surface area is 288 Å². The van der Waals surface area contributed by atoms with Crippen LogP contribution in [0.25, 0.3) is 33.3 Å². The molecular weight excluding hydrogens is 663 g/mol. The summed E-state index contributed by atoms with van der Waals surface area (Å²) in [5.41, 5.74) is 2.00. The second-order valence-electron chi connectivity index (χ2n) is 12.0. The highest BCUT2D eigenvalue weighted by Gasteiger charge is 2.39. The Bertz CT molecular complexity index is 2490. The van der Waals surface area contributed by atoms with E-state index in [2.05, 4.69) is 15.1 Å². The molecule has 0 saturated heterocycles. The second kappa shape index (κ2) is 12.0. The smallest absolute Gasteiger partial charge is 0.374 e. The van der Waals surface area contributed by atoms with Crippen LogP contribution in [0, 0.1) is 0 Å². The first kappa shape index (κ1) is 31.5. The summed E-state index contributed by atoms with van der Waals surface area (Å²) >= 11 is 7.37. The number of alkyl halides is 3. The number of aliphatic hydroxyl groups is 1. The maximum absolute atomic E-state index is 13.4. The number of hydrogen-bond acceptors (Lipinski definition) is 5. The van der Waals surface area contributed by atoms with Gasteiger partial charge in [-0.05, 0) is 65.0 Å². The lowest BCUT2D eigenvalue weighted by atomic mass is 9.83. The first-order valence-electron chi connectivity index (χ1n) is 15.6. The van der Waals surface area contributed by atoms with E-state index in [1.165, 1.54) is 18.6 Å². The van der Waals surface area contributed by atoms with Gasteiger partial charge in [0.05, 0.1) is 40.0 Å². The van der Waals surface area contributed by atoms with Crippen molar-refractivity contribution >= 4 is 33.4 Å². The van der Waals surface area contributed by atoms with E-state index in [-0.39, 0.29) is 5.56 Å². The van der Waals surface area contributed by atoms with Gasteiger partial charge in [0.2, 0.25) is 0 Å². The van der Waals surface area contributed by atoms with E-state index in [1.54, 1.807) is 40.7 Å². The zero-order valence-corrected chi connectivity index (χ0v) is 27.2. The maximum atomic E-state index is 13.4. The van der Waals surface area contributed by atoms with Crippen LogP contribution < -0.4 is 0 Å². The average molecular weight is 690 g/mol. The molecule has 12 heteroatoms. The van der Waals surface area contributed by atoms with Crippen LogP contribution in [0.3, 0.4) is 0 Å². The normalized spacial score (nSPS) is 13.2. The summed E-state index contributed by atoms with van der Waals surface area (Å²) in [5, 5.41) is 18.9. The highest BCUT2D eigenvalue weighted by molar-refractivity contribution is 6.36. The highest BCUT2D eigenvalue weighted by Crippen LogP contribution is 2.41. The van der Waals surface area contributed by atoms with Crippen LogP contribution >= 0.6 is 11.6 Å². The minimum Gasteiger partial charge on any atom is -0.374 e. The molecule has 0 bridgehead atoms. The molecule has 1 N–H and O–H groups in total. The monoisotopic (exact) mass is 689 g/mol. The van der Waals surface area contributed by atoms with Crippen LogP contribution in [0.2, 0.25) is 5.02 Å². The highest BCUT2D eigenvalue weighted by atomic mass is 35.5. The van der Waals surface area contributed by atoms with Crippen LogP contribution in [-0.4, -0.2) is 39.0 Å². The van der Waals surface area contributed by atoms with E-state index < -0.39 is 17.5 Å². The molecule has 0 radical (unpaired) electrons. The number of pyridine rings is 2. The van der Waals surface area contributed by atoms with E-state index in [1.807, 2.05) is 77.6 Å². The summed E-state index contributed by atoms with van der Waals surface area (Å²) in [7, 11) is 1.70. The van der Waals surface area contributed by atoms with E-state index in [9.17, 15) is 18.3 Å². The van der Waals surface area contributed by atoms with Crippen molar-refractivity contribution in [2.24, 2.45) is 7.05 Å². The third-order valence-corrected chi connectivity index (χ3v) is 9.42. The molecule has 1 unspecified atom stereocenters. The minimum absolute atomic E-state index is 0.130. The van der Waals surface area contributed by atoms with Gasteiger partial charge in [0.25, 0.3) is 0 Å². The number of halogens is 4. The number of rotatable bonds is 7. The van der Waals surface area contributed by atoms with Crippen molar-refractivity contribution in [1.29, 1.82) is 0 Å². The Hall–Kier alpha value is -5.78. The molecule has 1 atom stereocenters. The Morgan fingerprint density at radius 2 is 1.66 bits per heavy atom. The summed E-state index contributed by atoms with van der Waals surface area (Å²) in [6, 6.07) is 27.2. The first-order chi connectivity index (χ1) is 24.1. The van der Waals surface area contributed by atoms with Crippen molar-refractivity contribution < 1.29 is 18.3 Å². The van der Waals surface area contributed by atoms with Crippen LogP contribution in [0.15, 0.2) is 128 Å². The van der Waals surface area contributed by atoms with Crippen LogP contribution in [-0.2, 0) is 25.2 Å². The van der Waals surface area contributed by atoms with Crippen molar-refractivity contribution in [2.45, 2.75) is 18.2 Å². The Balaban J connectivity index is 1.31. The molecule has 248 valence electrons. The SMILES string of the molecule is Cn1cncc1C(O)(c1ccc(C(F)(F)F)nc1)c1ccc2nc(-n3ccc4ccccc43)c(Cc3ccc(-n4cccn4)cc3)c(Cl)c2c1. The molecule has 8 nitrogen and oxygen atoms in total. The molecule has 0 amide bonds. The Morgan fingerprint density at radius 3 is 2.36 bits per heavy atom. The van der Waals surface area contributed by atoms with Gasteiger partial charge in [-0.1, -0.05) is 54.1 Å². The maximum Gasteiger partial charge on any atom is 0.433 e. The fraction of sp³-hybridized carbons (Fsp3) is 0.105. The predicted molar refractivity (Wildman–Crippen MR) is 185 cm³/mol. The Morgan fingerprint density at radius 1 is 0.860 bits per heavy atom. The van der Waals surface area contributed by atoms with Gasteiger partial charge in [0.1, 0.15) is 11.5 Å². The molecule has 0 aliphatic heterocycles. The Kier molecular flexibility index (Phi) is 7.54. The summed E-state index contributed by atoms with van der Waals surface area (Å²) in [6.45, 7) is 0. The molecule has 5 aromatic heterocycles. The summed E-state index contributed by atoms with van der Waals surface area (Å²) in [5.74, 6) is 0.654. The number of aromatic nitrogens is 7. The van der Waals surface area contributed by atoms with Gasteiger partial charge in [-0.3, -0.25) is 4.98 Å². The average Bonchev–Trinajstić information content (AvgIpc) is 3.91. The predicted octanol–water partition coefficient (Wildman–Crippen LogP) is 8.04. The van der Waals surface area contributed by atoms with Crippen molar-refractivity contribution in [3.63, 3.8) is 0 Å². The van der Waals surface area contributed by atoms with E-state index in [0.29, 0.717) is 39.4 Å². The zero-order chi connectivity index (χ0) is 34.6. The number of aryl methyl sites for hydroxylation is 1. The molecule has 50 heavy (non-hydrogen) atoms. The van der Waals surface area contributed by atoms with E-state index in [0.717, 1.165) is 40.0 Å². The fourth-order valence-corrected chi connectivity index (χ4v) is 6.74.